The number of rotatable bonds is 2. The quantitative estimate of drug-likeness (QED) is 0.450. The molecule has 56 valence electrons. The Balaban J connectivity index is 2.34. The van der Waals surface area contributed by atoms with Gasteiger partial charge in [-0.3, -0.25) is 9.59 Å². The van der Waals surface area contributed by atoms with Gasteiger partial charge in [0, 0.05) is 6.54 Å². The van der Waals surface area contributed by atoms with Crippen LogP contribution in [0.1, 0.15) is 0 Å². The number of β-lactam (4-membered cyclic amide) rings is 1. The van der Waals surface area contributed by atoms with Crippen LogP contribution in [-0.4, -0.2) is 41.0 Å². The number of nitrogens with zero attached hydrogens (tertiary/aromatic N) is 1. The highest BCUT2D eigenvalue weighted by atomic mass is 16.4. The van der Waals surface area contributed by atoms with E-state index >= 15 is 0 Å². The molecule has 0 spiro atoms. The molecule has 1 atom stereocenters. The molecular formula is C5H8N2O3. The summed E-state index contributed by atoms with van der Waals surface area (Å²) >= 11 is 0. The van der Waals surface area contributed by atoms with E-state index in [4.69, 9.17) is 10.8 Å². The van der Waals surface area contributed by atoms with Crippen LogP contribution in [0.5, 0.6) is 0 Å². The Bertz CT molecular complexity index is 180. The SMILES string of the molecule is N[C@H]1CN(CC(=O)O)C1=O. The molecule has 0 aromatic rings. The fraction of sp³-hybridized carbons (Fsp3) is 0.600. The fourth-order valence-corrected chi connectivity index (χ4v) is 0.833. The lowest BCUT2D eigenvalue weighted by Gasteiger charge is -2.34. The predicted octanol–water partition coefficient (Wildman–Crippen LogP) is -1.76. The topological polar surface area (TPSA) is 83.6 Å². The molecule has 0 bridgehead atoms. The molecule has 0 saturated carbocycles. The van der Waals surface area contributed by atoms with Gasteiger partial charge < -0.3 is 15.7 Å². The standard InChI is InChI=1S/C5H8N2O3/c6-3-1-7(5(3)10)2-4(8)9/h3H,1-2,6H2,(H,8,9)/t3-/m0/s1. The van der Waals surface area contributed by atoms with Gasteiger partial charge in [0.1, 0.15) is 12.6 Å². The summed E-state index contributed by atoms with van der Waals surface area (Å²) in [4.78, 5) is 21.9. The summed E-state index contributed by atoms with van der Waals surface area (Å²) in [6, 6.07) is -0.473. The summed E-state index contributed by atoms with van der Waals surface area (Å²) < 4.78 is 0. The maximum atomic E-state index is 10.6. The number of carbonyl (C=O) groups excluding carboxylic acids is 1. The van der Waals surface area contributed by atoms with Gasteiger partial charge in [-0.25, -0.2) is 0 Å². The molecule has 1 saturated heterocycles. The van der Waals surface area contributed by atoms with E-state index in [2.05, 4.69) is 0 Å². The third kappa shape index (κ3) is 1.08. The van der Waals surface area contributed by atoms with Crippen molar-refractivity contribution in [3.63, 3.8) is 0 Å². The second-order valence-electron chi connectivity index (χ2n) is 2.22. The van der Waals surface area contributed by atoms with Crippen LogP contribution in [0.3, 0.4) is 0 Å². The third-order valence-electron chi connectivity index (χ3n) is 1.37. The van der Waals surface area contributed by atoms with Crippen LogP contribution < -0.4 is 5.73 Å². The van der Waals surface area contributed by atoms with Gasteiger partial charge in [-0.2, -0.15) is 0 Å². The smallest absolute Gasteiger partial charge is 0.323 e. The molecule has 0 aromatic heterocycles. The largest absolute Gasteiger partial charge is 0.480 e. The molecule has 1 amide bonds. The van der Waals surface area contributed by atoms with Crippen molar-refractivity contribution in [1.82, 2.24) is 4.90 Å². The number of likely N-dealkylation sites (tertiary alicyclic amines) is 1. The number of hydrogen-bond donors (Lipinski definition) is 2. The molecule has 1 aliphatic rings. The van der Waals surface area contributed by atoms with Crippen LogP contribution in [0.2, 0.25) is 0 Å². The van der Waals surface area contributed by atoms with Crippen molar-refractivity contribution >= 4 is 11.9 Å². The molecule has 0 unspecified atom stereocenters. The van der Waals surface area contributed by atoms with Crippen LogP contribution >= 0.6 is 0 Å². The first-order chi connectivity index (χ1) is 4.61. The van der Waals surface area contributed by atoms with Crippen molar-refractivity contribution in [3.05, 3.63) is 0 Å². The van der Waals surface area contributed by atoms with E-state index in [0.29, 0.717) is 6.54 Å². The van der Waals surface area contributed by atoms with Crippen molar-refractivity contribution in [2.45, 2.75) is 6.04 Å². The van der Waals surface area contributed by atoms with Gasteiger partial charge in [-0.15, -0.1) is 0 Å². The monoisotopic (exact) mass is 144 g/mol. The lowest BCUT2D eigenvalue weighted by molar-refractivity contribution is -0.151. The van der Waals surface area contributed by atoms with Crippen LogP contribution in [0.15, 0.2) is 0 Å². The summed E-state index contributed by atoms with van der Waals surface area (Å²) in [5, 5.41) is 8.22. The molecule has 0 aliphatic carbocycles. The Morgan fingerprint density at radius 3 is 2.80 bits per heavy atom. The second-order valence-corrected chi connectivity index (χ2v) is 2.22. The number of carboxylic acid groups (broad SMARTS) is 1. The molecule has 1 heterocycles. The molecule has 0 radical (unpaired) electrons. The predicted molar refractivity (Wildman–Crippen MR) is 32.2 cm³/mol. The number of aliphatic carboxylic acids is 1. The average Bonchev–Trinajstić information content (AvgIpc) is 1.86. The Hall–Kier alpha value is -1.10. The van der Waals surface area contributed by atoms with Crippen LogP contribution in [0.4, 0.5) is 0 Å². The lowest BCUT2D eigenvalue weighted by Crippen LogP contribution is -2.61. The summed E-state index contributed by atoms with van der Waals surface area (Å²) in [7, 11) is 0. The number of carboxylic acids is 1. The number of hydrogen-bond acceptors (Lipinski definition) is 3. The Labute approximate surface area is 57.4 Å². The summed E-state index contributed by atoms with van der Waals surface area (Å²) in [5.74, 6) is -1.28. The molecule has 1 rings (SSSR count). The van der Waals surface area contributed by atoms with E-state index in [1.54, 1.807) is 0 Å². The number of amides is 1. The zero-order valence-corrected chi connectivity index (χ0v) is 5.28. The van der Waals surface area contributed by atoms with E-state index in [0.717, 1.165) is 0 Å². The van der Waals surface area contributed by atoms with E-state index in [1.807, 2.05) is 0 Å². The van der Waals surface area contributed by atoms with Crippen LogP contribution in [-0.2, 0) is 9.59 Å². The van der Waals surface area contributed by atoms with Crippen molar-refractivity contribution in [3.8, 4) is 0 Å². The van der Waals surface area contributed by atoms with Crippen molar-refractivity contribution in [2.75, 3.05) is 13.1 Å². The van der Waals surface area contributed by atoms with E-state index < -0.39 is 12.0 Å². The minimum Gasteiger partial charge on any atom is -0.480 e. The van der Waals surface area contributed by atoms with E-state index in [-0.39, 0.29) is 12.5 Å². The van der Waals surface area contributed by atoms with E-state index in [1.165, 1.54) is 4.90 Å². The van der Waals surface area contributed by atoms with Crippen molar-refractivity contribution < 1.29 is 14.7 Å². The minimum absolute atomic E-state index is 0.230. The van der Waals surface area contributed by atoms with Crippen molar-refractivity contribution in [2.24, 2.45) is 5.73 Å². The first-order valence-electron chi connectivity index (χ1n) is 2.87. The third-order valence-corrected chi connectivity index (χ3v) is 1.37. The van der Waals surface area contributed by atoms with Gasteiger partial charge in [0.15, 0.2) is 0 Å². The highest BCUT2D eigenvalue weighted by Gasteiger charge is 2.34. The van der Waals surface area contributed by atoms with E-state index in [9.17, 15) is 9.59 Å². The number of nitrogens with two attached hydrogens (primary N) is 1. The van der Waals surface area contributed by atoms with Crippen LogP contribution in [0.25, 0.3) is 0 Å². The summed E-state index contributed by atoms with van der Waals surface area (Å²) in [5.41, 5.74) is 5.20. The van der Waals surface area contributed by atoms with Gasteiger partial charge in [0.25, 0.3) is 0 Å². The maximum absolute atomic E-state index is 10.6. The van der Waals surface area contributed by atoms with Crippen LogP contribution in [0, 0.1) is 0 Å². The van der Waals surface area contributed by atoms with Crippen molar-refractivity contribution in [1.29, 1.82) is 0 Å². The summed E-state index contributed by atoms with van der Waals surface area (Å²) in [6.07, 6.45) is 0. The Morgan fingerprint density at radius 1 is 1.90 bits per heavy atom. The Morgan fingerprint density at radius 2 is 2.50 bits per heavy atom. The normalized spacial score (nSPS) is 24.3. The maximum Gasteiger partial charge on any atom is 0.323 e. The average molecular weight is 144 g/mol. The van der Waals surface area contributed by atoms with Gasteiger partial charge in [0.2, 0.25) is 5.91 Å². The zero-order chi connectivity index (χ0) is 7.72. The number of carbonyl (C=O) groups is 2. The zero-order valence-electron chi connectivity index (χ0n) is 5.28. The molecule has 3 N–H and O–H groups in total. The highest BCUT2D eigenvalue weighted by Crippen LogP contribution is 2.05. The van der Waals surface area contributed by atoms with Gasteiger partial charge in [-0.1, -0.05) is 0 Å². The molecule has 1 fully saturated rings. The molecule has 5 heteroatoms. The first-order valence-corrected chi connectivity index (χ1v) is 2.87. The summed E-state index contributed by atoms with van der Waals surface area (Å²) in [6.45, 7) is 0.137. The molecular weight excluding hydrogens is 136 g/mol. The van der Waals surface area contributed by atoms with Gasteiger partial charge in [0.05, 0.1) is 0 Å². The second kappa shape index (κ2) is 2.26. The highest BCUT2D eigenvalue weighted by molar-refractivity contribution is 5.90. The first kappa shape index (κ1) is 7.01. The molecule has 5 nitrogen and oxygen atoms in total. The molecule has 1 aliphatic heterocycles. The fourth-order valence-electron chi connectivity index (χ4n) is 0.833. The van der Waals surface area contributed by atoms with Gasteiger partial charge in [-0.05, 0) is 0 Å². The van der Waals surface area contributed by atoms with Gasteiger partial charge >= 0.3 is 5.97 Å². The lowest BCUT2D eigenvalue weighted by atomic mass is 10.1. The molecule has 0 aromatic carbocycles. The minimum atomic E-state index is -1.000. The molecule has 10 heavy (non-hydrogen) atoms. The Kier molecular flexibility index (Phi) is 1.58.